The normalized spacial score (nSPS) is 23.1. The second-order valence-electron chi connectivity index (χ2n) is 12.7. The van der Waals surface area contributed by atoms with Crippen molar-refractivity contribution in [2.45, 2.75) is 63.6 Å². The smallest absolute Gasteiger partial charge is 0.380 e. The van der Waals surface area contributed by atoms with Crippen molar-refractivity contribution in [3.8, 4) is 0 Å². The van der Waals surface area contributed by atoms with Gasteiger partial charge in [-0.25, -0.2) is 0 Å². The van der Waals surface area contributed by atoms with Gasteiger partial charge in [0.25, 0.3) is 5.91 Å². The number of amides is 1. The van der Waals surface area contributed by atoms with Crippen molar-refractivity contribution in [1.82, 2.24) is 24.9 Å². The van der Waals surface area contributed by atoms with Gasteiger partial charge in [-0.05, 0) is 63.7 Å². The van der Waals surface area contributed by atoms with E-state index in [1.807, 2.05) is 4.90 Å². The molecule has 4 aliphatic heterocycles. The van der Waals surface area contributed by atoms with E-state index < -0.39 is 17.6 Å². The van der Waals surface area contributed by atoms with Crippen LogP contribution in [0.1, 0.15) is 67.4 Å². The van der Waals surface area contributed by atoms with Crippen LogP contribution in [0.4, 0.5) is 18.9 Å². The maximum Gasteiger partial charge on any atom is 0.417 e. The van der Waals surface area contributed by atoms with Gasteiger partial charge in [0.1, 0.15) is 0 Å². The number of benzene rings is 1. The first-order valence-corrected chi connectivity index (χ1v) is 15.4. The number of hydrogen-bond acceptors (Lipinski definition) is 6. The molecule has 11 heteroatoms. The molecule has 0 aliphatic carbocycles. The molecule has 8 nitrogen and oxygen atoms in total. The van der Waals surface area contributed by atoms with Crippen LogP contribution >= 0.6 is 0 Å². The Hall–Kier alpha value is -2.37. The van der Waals surface area contributed by atoms with Gasteiger partial charge in [-0.15, -0.1) is 0 Å². The monoisotopic (exact) mass is 576 g/mol. The fourth-order valence-electron chi connectivity index (χ4n) is 7.03. The van der Waals surface area contributed by atoms with Crippen LogP contribution in [-0.4, -0.2) is 97.1 Å². The number of likely N-dealkylation sites (tertiary alicyclic amines) is 2. The van der Waals surface area contributed by atoms with E-state index in [9.17, 15) is 18.0 Å². The molecule has 0 saturated carbocycles. The summed E-state index contributed by atoms with van der Waals surface area (Å²) in [5.74, 6) is -0.524. The van der Waals surface area contributed by atoms with Gasteiger partial charge >= 0.3 is 6.18 Å². The fourth-order valence-corrected chi connectivity index (χ4v) is 7.03. The van der Waals surface area contributed by atoms with Gasteiger partial charge in [0.05, 0.1) is 24.3 Å². The SMILES string of the molecule is Cn1nc(C(=O)NC2CCN(CCN3CCC4(CC3)COC4)CC2)c2c(C(F)(F)F)cc(N3CCCCCC3)cc21. The molecule has 6 rings (SSSR count). The van der Waals surface area contributed by atoms with E-state index in [-0.39, 0.29) is 17.1 Å². The number of nitrogens with zero attached hydrogens (tertiary/aromatic N) is 5. The molecule has 226 valence electrons. The third-order valence-electron chi connectivity index (χ3n) is 9.82. The Bertz CT molecular complexity index is 1220. The molecule has 0 unspecified atom stereocenters. The number of fused-ring (bicyclic) bond motifs is 1. The minimum Gasteiger partial charge on any atom is -0.380 e. The Morgan fingerprint density at radius 1 is 0.976 bits per heavy atom. The lowest BCUT2D eigenvalue weighted by molar-refractivity contribution is -0.139. The van der Waals surface area contributed by atoms with Gasteiger partial charge in [-0.3, -0.25) is 9.48 Å². The van der Waals surface area contributed by atoms with E-state index in [0.717, 1.165) is 104 Å². The summed E-state index contributed by atoms with van der Waals surface area (Å²) in [7, 11) is 1.62. The number of aromatic nitrogens is 2. The van der Waals surface area contributed by atoms with Crippen LogP contribution in [0.25, 0.3) is 10.9 Å². The van der Waals surface area contributed by atoms with Gasteiger partial charge < -0.3 is 24.8 Å². The standard InChI is InChI=1S/C30H43F3N6O2/c1-36-25-19-23(39-10-4-2-3-5-11-39)18-24(30(31,32)33)26(25)27(35-36)28(40)34-22-6-12-37(13-7-22)16-17-38-14-8-29(9-15-38)20-41-21-29/h18-19,22H,2-17,20-21H2,1H3,(H,34,40). The number of aryl methyl sites for hydroxylation is 1. The van der Waals surface area contributed by atoms with E-state index >= 15 is 0 Å². The zero-order valence-corrected chi connectivity index (χ0v) is 24.1. The van der Waals surface area contributed by atoms with Crippen molar-refractivity contribution in [3.05, 3.63) is 23.4 Å². The predicted molar refractivity (Wildman–Crippen MR) is 152 cm³/mol. The molecule has 1 N–H and O–H groups in total. The highest BCUT2D eigenvalue weighted by Gasteiger charge is 2.41. The van der Waals surface area contributed by atoms with E-state index in [0.29, 0.717) is 16.6 Å². The zero-order valence-electron chi connectivity index (χ0n) is 24.1. The molecule has 1 amide bonds. The molecule has 0 radical (unpaired) electrons. The molecule has 2 aromatic rings. The van der Waals surface area contributed by atoms with Crippen LogP contribution in [0, 0.1) is 5.41 Å². The highest BCUT2D eigenvalue weighted by molar-refractivity contribution is 6.07. The van der Waals surface area contributed by atoms with Crippen molar-refractivity contribution in [1.29, 1.82) is 0 Å². The molecule has 1 aromatic carbocycles. The number of anilines is 1. The number of nitrogens with one attached hydrogen (secondary N) is 1. The highest BCUT2D eigenvalue weighted by atomic mass is 19.4. The molecule has 4 fully saturated rings. The average molecular weight is 577 g/mol. The molecular weight excluding hydrogens is 533 g/mol. The number of carbonyl (C=O) groups is 1. The van der Waals surface area contributed by atoms with E-state index in [2.05, 4.69) is 20.2 Å². The number of piperidine rings is 2. The quantitative estimate of drug-likeness (QED) is 0.554. The Kier molecular flexibility index (Phi) is 8.22. The lowest BCUT2D eigenvalue weighted by Crippen LogP contribution is -2.52. The first kappa shape index (κ1) is 28.7. The maximum atomic E-state index is 14.4. The Balaban J connectivity index is 1.08. The molecule has 1 spiro atoms. The third kappa shape index (κ3) is 6.22. The molecule has 5 heterocycles. The number of rotatable bonds is 6. The average Bonchev–Trinajstić information content (AvgIpc) is 3.09. The molecule has 41 heavy (non-hydrogen) atoms. The highest BCUT2D eigenvalue weighted by Crippen LogP contribution is 2.40. The van der Waals surface area contributed by atoms with Gasteiger partial charge in [0.15, 0.2) is 5.69 Å². The van der Waals surface area contributed by atoms with Gasteiger partial charge in [-0.1, -0.05) is 12.8 Å². The van der Waals surface area contributed by atoms with Crippen molar-refractivity contribution in [2.75, 3.05) is 70.5 Å². The second-order valence-corrected chi connectivity index (χ2v) is 12.7. The topological polar surface area (TPSA) is 65.9 Å². The van der Waals surface area contributed by atoms with Gasteiger partial charge in [-0.2, -0.15) is 18.3 Å². The van der Waals surface area contributed by atoms with E-state index in [1.165, 1.54) is 23.6 Å². The first-order valence-electron chi connectivity index (χ1n) is 15.4. The van der Waals surface area contributed by atoms with E-state index in [1.54, 1.807) is 13.1 Å². The van der Waals surface area contributed by atoms with Crippen LogP contribution in [-0.2, 0) is 18.0 Å². The van der Waals surface area contributed by atoms with Crippen LogP contribution in [0.3, 0.4) is 0 Å². The second kappa shape index (κ2) is 11.7. The number of ether oxygens (including phenoxy) is 1. The lowest BCUT2D eigenvalue weighted by Gasteiger charge is -2.47. The summed E-state index contributed by atoms with van der Waals surface area (Å²) in [5.41, 5.74) is 0.417. The van der Waals surface area contributed by atoms with Crippen LogP contribution in [0.5, 0.6) is 0 Å². The number of alkyl halides is 3. The third-order valence-corrected chi connectivity index (χ3v) is 9.82. The van der Waals surface area contributed by atoms with E-state index in [4.69, 9.17) is 4.74 Å². The molecule has 1 aromatic heterocycles. The minimum absolute atomic E-state index is 0.0741. The van der Waals surface area contributed by atoms with Gasteiger partial charge in [0.2, 0.25) is 0 Å². The zero-order chi connectivity index (χ0) is 28.6. The largest absolute Gasteiger partial charge is 0.417 e. The molecule has 0 atom stereocenters. The Morgan fingerprint density at radius 2 is 1.61 bits per heavy atom. The minimum atomic E-state index is -4.59. The number of carbonyl (C=O) groups excluding carboxylic acids is 1. The summed E-state index contributed by atoms with van der Waals surface area (Å²) in [6, 6.07) is 2.91. The fraction of sp³-hybridized carbons (Fsp3) is 0.733. The molecule has 4 saturated heterocycles. The molecule has 4 aliphatic rings. The number of halogens is 3. The Morgan fingerprint density at radius 3 is 2.20 bits per heavy atom. The number of hydrogen-bond donors (Lipinski definition) is 1. The van der Waals surface area contributed by atoms with Crippen molar-refractivity contribution in [3.63, 3.8) is 0 Å². The summed E-state index contributed by atoms with van der Waals surface area (Å²) >= 11 is 0. The van der Waals surface area contributed by atoms with Gasteiger partial charge in [0, 0.05) is 68.8 Å². The predicted octanol–water partition coefficient (Wildman–Crippen LogP) is 4.28. The summed E-state index contributed by atoms with van der Waals surface area (Å²) in [5, 5.41) is 7.22. The maximum absolute atomic E-state index is 14.4. The van der Waals surface area contributed by atoms with Crippen LogP contribution in [0.2, 0.25) is 0 Å². The Labute approximate surface area is 240 Å². The first-order chi connectivity index (χ1) is 19.7. The van der Waals surface area contributed by atoms with Crippen molar-refractivity contribution in [2.24, 2.45) is 12.5 Å². The summed E-state index contributed by atoms with van der Waals surface area (Å²) in [6.07, 6.45) is 3.52. The summed E-state index contributed by atoms with van der Waals surface area (Å²) < 4.78 is 49.9. The summed E-state index contributed by atoms with van der Waals surface area (Å²) in [6.45, 7) is 9.37. The summed E-state index contributed by atoms with van der Waals surface area (Å²) in [4.78, 5) is 20.4. The van der Waals surface area contributed by atoms with Crippen LogP contribution < -0.4 is 10.2 Å². The van der Waals surface area contributed by atoms with Crippen molar-refractivity contribution < 1.29 is 22.7 Å². The lowest BCUT2D eigenvalue weighted by atomic mass is 9.77. The molecule has 0 bridgehead atoms. The van der Waals surface area contributed by atoms with Crippen LogP contribution in [0.15, 0.2) is 12.1 Å². The van der Waals surface area contributed by atoms with Crippen molar-refractivity contribution >= 4 is 22.5 Å². The molecular formula is C30H43F3N6O2.